The maximum absolute atomic E-state index is 12.8. The molecular weight excluding hydrogens is 282 g/mol. The van der Waals surface area contributed by atoms with E-state index in [1.807, 2.05) is 23.1 Å². The first-order valence-electron chi connectivity index (χ1n) is 7.79. The third kappa shape index (κ3) is 2.59. The van der Waals surface area contributed by atoms with Gasteiger partial charge in [-0.1, -0.05) is 12.1 Å². The van der Waals surface area contributed by atoms with Crippen LogP contribution in [0.2, 0.25) is 0 Å². The zero-order chi connectivity index (χ0) is 15.6. The molecule has 1 spiro atoms. The van der Waals surface area contributed by atoms with Crippen molar-refractivity contribution in [2.75, 3.05) is 33.9 Å². The van der Waals surface area contributed by atoms with Gasteiger partial charge in [-0.05, 0) is 31.4 Å². The zero-order valence-corrected chi connectivity index (χ0v) is 13.2. The summed E-state index contributed by atoms with van der Waals surface area (Å²) in [5.41, 5.74) is 0.398. The molecule has 5 heteroatoms. The quantitative estimate of drug-likeness (QED) is 0.858. The molecule has 0 N–H and O–H groups in total. The minimum Gasteiger partial charge on any atom is -0.496 e. The largest absolute Gasteiger partial charge is 0.496 e. The van der Waals surface area contributed by atoms with E-state index in [1.54, 1.807) is 20.3 Å². The first-order valence-corrected chi connectivity index (χ1v) is 7.79. The summed E-state index contributed by atoms with van der Waals surface area (Å²) >= 11 is 0. The van der Waals surface area contributed by atoms with Crippen LogP contribution in [0.3, 0.4) is 0 Å². The molecular formula is C17H23NO4. The van der Waals surface area contributed by atoms with Gasteiger partial charge in [0.15, 0.2) is 0 Å². The van der Waals surface area contributed by atoms with E-state index in [0.29, 0.717) is 24.4 Å². The molecule has 0 saturated carbocycles. The van der Waals surface area contributed by atoms with Crippen molar-refractivity contribution in [2.45, 2.75) is 31.0 Å². The molecule has 0 unspecified atom stereocenters. The molecule has 2 atom stereocenters. The number of carbonyl (C=O) groups excluding carboxylic acids is 1. The molecule has 0 radical (unpaired) electrons. The van der Waals surface area contributed by atoms with Gasteiger partial charge >= 0.3 is 0 Å². The third-order valence-corrected chi connectivity index (χ3v) is 4.82. The van der Waals surface area contributed by atoms with Crippen LogP contribution in [-0.4, -0.2) is 56.4 Å². The number of amides is 1. The molecule has 2 fully saturated rings. The van der Waals surface area contributed by atoms with E-state index in [2.05, 4.69) is 0 Å². The maximum Gasteiger partial charge on any atom is 0.257 e. The number of hydrogen-bond acceptors (Lipinski definition) is 4. The van der Waals surface area contributed by atoms with E-state index >= 15 is 0 Å². The Hall–Kier alpha value is -1.59. The van der Waals surface area contributed by atoms with Gasteiger partial charge in [0.25, 0.3) is 5.91 Å². The van der Waals surface area contributed by atoms with E-state index < -0.39 is 0 Å². The zero-order valence-electron chi connectivity index (χ0n) is 13.2. The van der Waals surface area contributed by atoms with Crippen LogP contribution in [-0.2, 0) is 9.47 Å². The van der Waals surface area contributed by atoms with E-state index in [1.165, 1.54) is 0 Å². The highest BCUT2D eigenvalue weighted by Gasteiger charge is 2.47. The van der Waals surface area contributed by atoms with E-state index in [0.717, 1.165) is 25.9 Å². The number of benzene rings is 1. The van der Waals surface area contributed by atoms with E-state index in [9.17, 15) is 4.79 Å². The van der Waals surface area contributed by atoms with Crippen LogP contribution < -0.4 is 4.74 Å². The van der Waals surface area contributed by atoms with Crippen LogP contribution in [0.5, 0.6) is 5.75 Å². The minimum atomic E-state index is -0.202. The minimum absolute atomic E-state index is 0.00709. The van der Waals surface area contributed by atoms with Crippen LogP contribution in [0.15, 0.2) is 24.3 Å². The van der Waals surface area contributed by atoms with Crippen molar-refractivity contribution in [3.63, 3.8) is 0 Å². The predicted octanol–water partition coefficient (Wildman–Crippen LogP) is 2.11. The molecule has 120 valence electrons. The maximum atomic E-state index is 12.8. The molecule has 1 aromatic rings. The van der Waals surface area contributed by atoms with E-state index in [-0.39, 0.29) is 17.6 Å². The number of hydrogen-bond donors (Lipinski definition) is 0. The Balaban J connectivity index is 1.77. The monoisotopic (exact) mass is 305 g/mol. The molecule has 1 amide bonds. The molecule has 5 nitrogen and oxygen atoms in total. The lowest BCUT2D eigenvalue weighted by Crippen LogP contribution is -2.57. The highest BCUT2D eigenvalue weighted by atomic mass is 16.5. The van der Waals surface area contributed by atoms with Gasteiger partial charge in [-0.2, -0.15) is 0 Å². The molecule has 1 aromatic carbocycles. The van der Waals surface area contributed by atoms with Crippen molar-refractivity contribution in [3.05, 3.63) is 29.8 Å². The Kier molecular flexibility index (Phi) is 4.36. The number of carbonyl (C=O) groups is 1. The molecule has 3 rings (SSSR count). The Labute approximate surface area is 131 Å². The number of likely N-dealkylation sites (tertiary alicyclic amines) is 1. The van der Waals surface area contributed by atoms with Crippen LogP contribution in [0, 0.1) is 0 Å². The second kappa shape index (κ2) is 6.26. The van der Waals surface area contributed by atoms with Gasteiger partial charge in [-0.25, -0.2) is 0 Å². The molecule has 2 aliphatic rings. The number of para-hydroxylation sites is 1. The number of rotatable bonds is 3. The highest BCUT2D eigenvalue weighted by Crippen LogP contribution is 2.38. The van der Waals surface area contributed by atoms with Gasteiger partial charge in [0, 0.05) is 26.8 Å². The van der Waals surface area contributed by atoms with Crippen molar-refractivity contribution >= 4 is 5.91 Å². The first kappa shape index (κ1) is 15.3. The lowest BCUT2D eigenvalue weighted by atomic mass is 9.85. The standard InChI is InChI=1S/C17H23NO4/c1-20-14-7-4-3-6-13(14)16(19)18-10-9-17(8-5-11-22-17)15(12-18)21-2/h3-4,6-7,15H,5,8-12H2,1-2H3/t15-,17-/m0/s1. The summed E-state index contributed by atoms with van der Waals surface area (Å²) in [7, 11) is 3.28. The number of piperidine rings is 1. The van der Waals surface area contributed by atoms with Crippen molar-refractivity contribution in [1.29, 1.82) is 0 Å². The highest BCUT2D eigenvalue weighted by molar-refractivity contribution is 5.97. The average Bonchev–Trinajstić information content (AvgIpc) is 3.03. The second-order valence-corrected chi connectivity index (χ2v) is 5.94. The normalized spacial score (nSPS) is 28.1. The van der Waals surface area contributed by atoms with E-state index in [4.69, 9.17) is 14.2 Å². The van der Waals surface area contributed by atoms with Gasteiger partial charge < -0.3 is 19.1 Å². The summed E-state index contributed by atoms with van der Waals surface area (Å²) in [4.78, 5) is 14.6. The summed E-state index contributed by atoms with van der Waals surface area (Å²) in [6.45, 7) is 2.05. The summed E-state index contributed by atoms with van der Waals surface area (Å²) in [5.74, 6) is 0.603. The third-order valence-electron chi connectivity index (χ3n) is 4.82. The summed E-state index contributed by atoms with van der Waals surface area (Å²) < 4.78 is 16.9. The molecule has 2 heterocycles. The van der Waals surface area contributed by atoms with Crippen molar-refractivity contribution in [3.8, 4) is 5.75 Å². The Bertz CT molecular complexity index is 539. The Morgan fingerprint density at radius 1 is 1.32 bits per heavy atom. The van der Waals surface area contributed by atoms with Crippen LogP contribution >= 0.6 is 0 Å². The number of ether oxygens (including phenoxy) is 3. The molecule has 22 heavy (non-hydrogen) atoms. The molecule has 2 aliphatic heterocycles. The molecule has 2 saturated heterocycles. The smallest absolute Gasteiger partial charge is 0.257 e. The van der Waals surface area contributed by atoms with Crippen molar-refractivity contribution in [1.82, 2.24) is 4.90 Å². The van der Waals surface area contributed by atoms with Crippen LogP contribution in [0.1, 0.15) is 29.6 Å². The Morgan fingerprint density at radius 3 is 2.82 bits per heavy atom. The summed E-state index contributed by atoms with van der Waals surface area (Å²) in [6.07, 6.45) is 2.84. The number of nitrogens with zero attached hydrogens (tertiary/aromatic N) is 1. The van der Waals surface area contributed by atoms with Crippen molar-refractivity contribution < 1.29 is 19.0 Å². The van der Waals surface area contributed by atoms with Gasteiger partial charge in [0.2, 0.25) is 0 Å². The average molecular weight is 305 g/mol. The lowest BCUT2D eigenvalue weighted by molar-refractivity contribution is -0.136. The van der Waals surface area contributed by atoms with Crippen LogP contribution in [0.25, 0.3) is 0 Å². The second-order valence-electron chi connectivity index (χ2n) is 5.94. The number of methoxy groups -OCH3 is 2. The van der Waals surface area contributed by atoms with Crippen LogP contribution in [0.4, 0.5) is 0 Å². The first-order chi connectivity index (χ1) is 10.7. The van der Waals surface area contributed by atoms with Gasteiger partial charge in [0.05, 0.1) is 18.3 Å². The van der Waals surface area contributed by atoms with Gasteiger partial charge in [-0.15, -0.1) is 0 Å². The fourth-order valence-corrected chi connectivity index (χ4v) is 3.58. The van der Waals surface area contributed by atoms with Crippen molar-refractivity contribution in [2.24, 2.45) is 0 Å². The SMILES string of the molecule is COc1ccccc1C(=O)N1CC[C@@]2(CCCO2)[C@@H](OC)C1. The molecule has 0 aliphatic carbocycles. The topological polar surface area (TPSA) is 48.0 Å². The fourth-order valence-electron chi connectivity index (χ4n) is 3.58. The summed E-state index contributed by atoms with van der Waals surface area (Å²) in [5, 5.41) is 0. The Morgan fingerprint density at radius 2 is 2.14 bits per heavy atom. The lowest BCUT2D eigenvalue weighted by Gasteiger charge is -2.44. The molecule has 0 bridgehead atoms. The predicted molar refractivity (Wildman–Crippen MR) is 82.2 cm³/mol. The summed E-state index contributed by atoms with van der Waals surface area (Å²) in [6, 6.07) is 7.34. The fraction of sp³-hybridized carbons (Fsp3) is 0.588. The van der Waals surface area contributed by atoms with Gasteiger partial charge in [0.1, 0.15) is 11.9 Å². The van der Waals surface area contributed by atoms with Gasteiger partial charge in [-0.3, -0.25) is 4.79 Å². The molecule has 0 aromatic heterocycles.